The van der Waals surface area contributed by atoms with Crippen LogP contribution in [-0.2, 0) is 12.8 Å². The van der Waals surface area contributed by atoms with E-state index in [0.29, 0.717) is 35.0 Å². The van der Waals surface area contributed by atoms with Crippen molar-refractivity contribution in [1.29, 1.82) is 0 Å². The highest BCUT2D eigenvalue weighted by Crippen LogP contribution is 2.30. The minimum Gasteiger partial charge on any atom is -0.455 e. The molecule has 6 nitrogen and oxygen atoms in total. The molecular formula is C25H24ClN3O3. The number of nitrogens with zero attached hydrogens (tertiary/aromatic N) is 1. The smallest absolute Gasteiger partial charge is 0.287 e. The second-order valence-electron chi connectivity index (χ2n) is 7.68. The van der Waals surface area contributed by atoms with Gasteiger partial charge in [-0.05, 0) is 43.9 Å². The van der Waals surface area contributed by atoms with Crippen LogP contribution in [0, 0.1) is 6.92 Å². The van der Waals surface area contributed by atoms with Gasteiger partial charge < -0.3 is 9.73 Å². The van der Waals surface area contributed by atoms with Gasteiger partial charge in [-0.1, -0.05) is 54.1 Å². The van der Waals surface area contributed by atoms with Crippen LogP contribution in [0.4, 0.5) is 0 Å². The number of halogens is 1. The largest absolute Gasteiger partial charge is 0.455 e. The lowest BCUT2D eigenvalue weighted by molar-refractivity contribution is 0.0922. The van der Waals surface area contributed by atoms with Gasteiger partial charge in [0.25, 0.3) is 11.8 Å². The van der Waals surface area contributed by atoms with Gasteiger partial charge in [-0.15, -0.1) is 0 Å². The van der Waals surface area contributed by atoms with E-state index in [1.165, 1.54) is 0 Å². The monoisotopic (exact) mass is 449 g/mol. The van der Waals surface area contributed by atoms with Crippen LogP contribution < -0.4 is 10.7 Å². The number of hydrogen-bond donors (Lipinski definition) is 2. The van der Waals surface area contributed by atoms with Crippen molar-refractivity contribution < 1.29 is 14.0 Å². The zero-order valence-corrected chi connectivity index (χ0v) is 18.5. The van der Waals surface area contributed by atoms with Crippen LogP contribution in [0.3, 0.4) is 0 Å². The van der Waals surface area contributed by atoms with E-state index in [2.05, 4.69) is 15.8 Å². The zero-order valence-electron chi connectivity index (χ0n) is 17.8. The molecule has 0 fully saturated rings. The molecule has 4 rings (SSSR count). The summed E-state index contributed by atoms with van der Waals surface area (Å²) in [4.78, 5) is 25.2. The van der Waals surface area contributed by atoms with E-state index in [9.17, 15) is 9.59 Å². The second kappa shape index (κ2) is 9.83. The van der Waals surface area contributed by atoms with E-state index in [1.54, 1.807) is 24.3 Å². The van der Waals surface area contributed by atoms with Crippen LogP contribution in [0.2, 0.25) is 5.02 Å². The average Bonchev–Trinajstić information content (AvgIpc) is 3.15. The van der Waals surface area contributed by atoms with Gasteiger partial charge in [-0.2, -0.15) is 5.10 Å². The summed E-state index contributed by atoms with van der Waals surface area (Å²) in [5.41, 5.74) is 6.36. The Labute approximate surface area is 191 Å². The van der Waals surface area contributed by atoms with Crippen molar-refractivity contribution in [1.82, 2.24) is 10.7 Å². The molecule has 0 bridgehead atoms. The number of carbonyl (C=O) groups excluding carboxylic acids is 2. The lowest BCUT2D eigenvalue weighted by atomic mass is 9.93. The summed E-state index contributed by atoms with van der Waals surface area (Å²) in [5, 5.41) is 7.64. The summed E-state index contributed by atoms with van der Waals surface area (Å²) in [6.45, 7) is 2.37. The molecule has 1 heterocycles. The number of amides is 2. The molecule has 1 aliphatic carbocycles. The van der Waals surface area contributed by atoms with Gasteiger partial charge in [-0.25, -0.2) is 5.43 Å². The molecule has 2 N–H and O–H groups in total. The van der Waals surface area contributed by atoms with Crippen molar-refractivity contribution in [2.24, 2.45) is 5.10 Å². The molecule has 0 radical (unpaired) electrons. The first-order chi connectivity index (χ1) is 15.5. The summed E-state index contributed by atoms with van der Waals surface area (Å²) < 4.78 is 5.92. The number of fused-ring (bicyclic) bond motifs is 1. The maximum absolute atomic E-state index is 12.7. The van der Waals surface area contributed by atoms with E-state index in [-0.39, 0.29) is 11.8 Å². The Morgan fingerprint density at radius 1 is 1.03 bits per heavy atom. The fourth-order valence-corrected chi connectivity index (χ4v) is 4.09. The first-order valence-corrected chi connectivity index (χ1v) is 11.0. The van der Waals surface area contributed by atoms with Crippen LogP contribution in [-0.4, -0.2) is 24.1 Å². The van der Waals surface area contributed by atoms with Gasteiger partial charge in [0.05, 0.1) is 16.3 Å². The highest BCUT2D eigenvalue weighted by atomic mass is 35.5. The van der Waals surface area contributed by atoms with E-state index < -0.39 is 0 Å². The quantitative estimate of drug-likeness (QED) is 0.536. The molecule has 0 aliphatic heterocycles. The molecule has 2 aromatic carbocycles. The Hall–Kier alpha value is -3.38. The van der Waals surface area contributed by atoms with E-state index in [4.69, 9.17) is 16.0 Å². The molecule has 1 aromatic heterocycles. The maximum Gasteiger partial charge on any atom is 0.287 e. The molecule has 0 spiro atoms. The molecule has 7 heteroatoms. The highest BCUT2D eigenvalue weighted by Gasteiger charge is 2.28. The van der Waals surface area contributed by atoms with Gasteiger partial charge >= 0.3 is 0 Å². The van der Waals surface area contributed by atoms with Gasteiger partial charge in [0.15, 0.2) is 5.76 Å². The predicted octanol–water partition coefficient (Wildman–Crippen LogP) is 4.68. The number of hydrogen-bond acceptors (Lipinski definition) is 4. The van der Waals surface area contributed by atoms with Crippen LogP contribution in [0.15, 0.2) is 64.1 Å². The minimum atomic E-state index is -0.379. The number of rotatable bonds is 6. The average molecular weight is 450 g/mol. The Bertz CT molecular complexity index is 1170. The summed E-state index contributed by atoms with van der Waals surface area (Å²) >= 11 is 6.10. The van der Waals surface area contributed by atoms with Crippen molar-refractivity contribution in [2.45, 2.75) is 32.6 Å². The summed E-state index contributed by atoms with van der Waals surface area (Å²) in [6.07, 6.45) is 2.98. The fourth-order valence-electron chi connectivity index (χ4n) is 3.87. The van der Waals surface area contributed by atoms with Gasteiger partial charge in [0.1, 0.15) is 5.76 Å². The molecule has 2 amide bonds. The van der Waals surface area contributed by atoms with Crippen molar-refractivity contribution >= 4 is 29.1 Å². The van der Waals surface area contributed by atoms with Crippen LogP contribution in [0.1, 0.15) is 56.2 Å². The molecule has 0 unspecified atom stereocenters. The number of furan rings is 1. The maximum atomic E-state index is 12.7. The van der Waals surface area contributed by atoms with Crippen molar-refractivity contribution in [3.05, 3.63) is 93.4 Å². The number of hydrazone groups is 1. The summed E-state index contributed by atoms with van der Waals surface area (Å²) in [6, 6.07) is 16.8. The third kappa shape index (κ3) is 4.75. The third-order valence-corrected chi connectivity index (χ3v) is 5.81. The molecule has 1 aliphatic rings. The summed E-state index contributed by atoms with van der Waals surface area (Å²) in [7, 11) is 0. The molecular weight excluding hydrogens is 426 g/mol. The SMILES string of the molecule is Cc1c(C(=O)NCCc2ccccc2)oc2c1/C(=N/NC(=O)c1ccccc1Cl)CCC2. The van der Waals surface area contributed by atoms with E-state index in [1.807, 2.05) is 37.3 Å². The highest BCUT2D eigenvalue weighted by molar-refractivity contribution is 6.33. The number of benzene rings is 2. The normalized spacial score (nSPS) is 14.1. The van der Waals surface area contributed by atoms with Crippen molar-refractivity contribution in [2.75, 3.05) is 6.54 Å². The Balaban J connectivity index is 1.47. The van der Waals surface area contributed by atoms with Crippen LogP contribution in [0.5, 0.6) is 0 Å². The first-order valence-electron chi connectivity index (χ1n) is 10.6. The lowest BCUT2D eigenvalue weighted by Crippen LogP contribution is -2.26. The topological polar surface area (TPSA) is 83.7 Å². The van der Waals surface area contributed by atoms with E-state index >= 15 is 0 Å². The predicted molar refractivity (Wildman–Crippen MR) is 124 cm³/mol. The molecule has 0 atom stereocenters. The minimum absolute atomic E-state index is 0.243. The summed E-state index contributed by atoms with van der Waals surface area (Å²) in [5.74, 6) is 0.408. The van der Waals surface area contributed by atoms with Gasteiger partial charge in [0, 0.05) is 24.1 Å². The van der Waals surface area contributed by atoms with Gasteiger partial charge in [-0.3, -0.25) is 9.59 Å². The standard InChI is InChI=1S/C25H24ClN3O3/c1-16-22-20(28-29-24(30)18-10-5-6-11-19(18)26)12-7-13-21(22)32-23(16)25(31)27-15-14-17-8-3-2-4-9-17/h2-6,8-11H,7,12-15H2,1H3,(H,27,31)(H,29,30)/b28-20+. The molecule has 164 valence electrons. The molecule has 0 saturated heterocycles. The van der Waals surface area contributed by atoms with Crippen LogP contribution in [0.25, 0.3) is 0 Å². The molecule has 3 aromatic rings. The Morgan fingerprint density at radius 3 is 2.56 bits per heavy atom. The molecule has 32 heavy (non-hydrogen) atoms. The van der Waals surface area contributed by atoms with Crippen molar-refractivity contribution in [3.63, 3.8) is 0 Å². The number of carbonyl (C=O) groups is 2. The number of nitrogens with one attached hydrogen (secondary N) is 2. The van der Waals surface area contributed by atoms with E-state index in [0.717, 1.165) is 41.7 Å². The third-order valence-electron chi connectivity index (χ3n) is 5.48. The molecule has 0 saturated carbocycles. The van der Waals surface area contributed by atoms with Gasteiger partial charge in [0.2, 0.25) is 0 Å². The Kier molecular flexibility index (Phi) is 6.71. The zero-order chi connectivity index (χ0) is 22.5. The Morgan fingerprint density at radius 2 is 1.78 bits per heavy atom. The van der Waals surface area contributed by atoms with Crippen LogP contribution >= 0.6 is 11.6 Å². The number of aryl methyl sites for hydroxylation is 1. The first kappa shape index (κ1) is 21.8. The van der Waals surface area contributed by atoms with Crippen molar-refractivity contribution in [3.8, 4) is 0 Å². The second-order valence-corrected chi connectivity index (χ2v) is 8.09. The fraction of sp³-hybridized carbons (Fsp3) is 0.240. The lowest BCUT2D eigenvalue weighted by Gasteiger charge is -2.13.